The number of carbonyl (C=O) groups excluding carboxylic acids is 1. The van der Waals surface area contributed by atoms with E-state index in [-0.39, 0.29) is 0 Å². The molecule has 2 amide bonds. The number of nitrogens with two attached hydrogens (primary N) is 1. The summed E-state index contributed by atoms with van der Waals surface area (Å²) in [6, 6.07) is 4.34. The molecule has 7 heteroatoms. The zero-order valence-corrected chi connectivity index (χ0v) is 13.8. The zero-order valence-electron chi connectivity index (χ0n) is 13.1. The second kappa shape index (κ2) is 7.78. The van der Waals surface area contributed by atoms with Crippen molar-refractivity contribution in [3.05, 3.63) is 41.8 Å². The lowest BCUT2D eigenvalue weighted by atomic mass is 10.1. The largest absolute Gasteiger partial charge is 0.491 e. The lowest BCUT2D eigenvalue weighted by molar-refractivity contribution is 0.255. The van der Waals surface area contributed by atoms with Crippen molar-refractivity contribution in [3.63, 3.8) is 0 Å². The maximum absolute atomic E-state index is 11.9. The SMILES string of the molecule is CC(C)CCOc1ccc(Cl)cc1N(C(N)=O)c1cnccn1. The van der Waals surface area contributed by atoms with Crippen molar-refractivity contribution in [1.29, 1.82) is 0 Å². The maximum atomic E-state index is 11.9. The fourth-order valence-corrected chi connectivity index (χ4v) is 2.12. The Morgan fingerprint density at radius 2 is 2.17 bits per heavy atom. The summed E-state index contributed by atoms with van der Waals surface area (Å²) >= 11 is 6.07. The Balaban J connectivity index is 2.38. The predicted molar refractivity (Wildman–Crippen MR) is 90.2 cm³/mol. The van der Waals surface area contributed by atoms with Gasteiger partial charge in [-0.15, -0.1) is 0 Å². The van der Waals surface area contributed by atoms with Gasteiger partial charge in [0.25, 0.3) is 0 Å². The van der Waals surface area contributed by atoms with Crippen LogP contribution in [0.2, 0.25) is 5.02 Å². The Morgan fingerprint density at radius 3 is 2.78 bits per heavy atom. The van der Waals surface area contributed by atoms with Crippen molar-refractivity contribution < 1.29 is 9.53 Å². The average Bonchev–Trinajstić information content (AvgIpc) is 2.50. The number of amides is 2. The van der Waals surface area contributed by atoms with Crippen LogP contribution in [0.1, 0.15) is 20.3 Å². The van der Waals surface area contributed by atoms with Gasteiger partial charge in [-0.2, -0.15) is 0 Å². The quantitative estimate of drug-likeness (QED) is 0.871. The van der Waals surface area contributed by atoms with E-state index < -0.39 is 6.03 Å². The highest BCUT2D eigenvalue weighted by Gasteiger charge is 2.21. The molecule has 0 bridgehead atoms. The van der Waals surface area contributed by atoms with Gasteiger partial charge in [0.05, 0.1) is 18.5 Å². The summed E-state index contributed by atoms with van der Waals surface area (Å²) in [4.78, 5) is 21.2. The molecule has 1 aromatic heterocycles. The topological polar surface area (TPSA) is 81.3 Å². The summed E-state index contributed by atoms with van der Waals surface area (Å²) in [5.41, 5.74) is 5.96. The third-order valence-corrected chi connectivity index (χ3v) is 3.35. The molecule has 2 rings (SSSR count). The first-order valence-electron chi connectivity index (χ1n) is 7.27. The van der Waals surface area contributed by atoms with Crippen LogP contribution in [0, 0.1) is 5.92 Å². The molecule has 0 spiro atoms. The summed E-state index contributed by atoms with van der Waals surface area (Å²) in [6.07, 6.45) is 5.34. The van der Waals surface area contributed by atoms with Crippen molar-refractivity contribution in [2.24, 2.45) is 11.7 Å². The van der Waals surface area contributed by atoms with Crippen LogP contribution in [0.25, 0.3) is 0 Å². The summed E-state index contributed by atoms with van der Waals surface area (Å²) in [6.45, 7) is 4.75. The Hall–Kier alpha value is -2.34. The number of halogens is 1. The first-order chi connectivity index (χ1) is 11.0. The van der Waals surface area contributed by atoms with Gasteiger partial charge in [-0.05, 0) is 30.5 Å². The first kappa shape index (κ1) is 17.0. The van der Waals surface area contributed by atoms with Crippen LogP contribution >= 0.6 is 11.6 Å². The molecule has 0 aliphatic carbocycles. The van der Waals surface area contributed by atoms with E-state index in [4.69, 9.17) is 22.1 Å². The number of ether oxygens (including phenoxy) is 1. The van der Waals surface area contributed by atoms with Crippen molar-refractivity contribution in [1.82, 2.24) is 9.97 Å². The van der Waals surface area contributed by atoms with E-state index in [1.807, 2.05) is 0 Å². The molecule has 0 saturated carbocycles. The molecular formula is C16H19ClN4O2. The van der Waals surface area contributed by atoms with Gasteiger partial charge in [0.1, 0.15) is 5.75 Å². The molecule has 0 radical (unpaired) electrons. The zero-order chi connectivity index (χ0) is 16.8. The Labute approximate surface area is 140 Å². The highest BCUT2D eigenvalue weighted by molar-refractivity contribution is 6.31. The lowest BCUT2D eigenvalue weighted by Crippen LogP contribution is -2.32. The van der Waals surface area contributed by atoms with E-state index in [1.165, 1.54) is 23.5 Å². The maximum Gasteiger partial charge on any atom is 0.325 e. The minimum atomic E-state index is -0.693. The van der Waals surface area contributed by atoms with Crippen LogP contribution < -0.4 is 15.4 Å². The fraction of sp³-hybridized carbons (Fsp3) is 0.312. The molecule has 2 aromatic rings. The van der Waals surface area contributed by atoms with Crippen molar-refractivity contribution >= 4 is 29.1 Å². The molecule has 0 aliphatic rings. The number of aromatic nitrogens is 2. The van der Waals surface area contributed by atoms with Crippen molar-refractivity contribution in [3.8, 4) is 5.75 Å². The van der Waals surface area contributed by atoms with Gasteiger partial charge in [0, 0.05) is 17.4 Å². The van der Waals surface area contributed by atoms with E-state index in [0.29, 0.717) is 34.8 Å². The van der Waals surface area contributed by atoms with Crippen LogP contribution in [0.5, 0.6) is 5.75 Å². The van der Waals surface area contributed by atoms with Crippen LogP contribution in [-0.2, 0) is 0 Å². The van der Waals surface area contributed by atoms with Crippen LogP contribution in [0.4, 0.5) is 16.3 Å². The van der Waals surface area contributed by atoms with E-state index >= 15 is 0 Å². The highest BCUT2D eigenvalue weighted by Crippen LogP contribution is 2.35. The number of anilines is 2. The minimum absolute atomic E-state index is 0.302. The van der Waals surface area contributed by atoms with Crippen molar-refractivity contribution in [2.75, 3.05) is 11.5 Å². The number of rotatable bonds is 6. The molecule has 122 valence electrons. The summed E-state index contributed by atoms with van der Waals surface area (Å²) in [5.74, 6) is 1.33. The Bertz CT molecular complexity index is 664. The summed E-state index contributed by atoms with van der Waals surface area (Å²) in [5, 5.41) is 0.464. The van der Waals surface area contributed by atoms with Crippen LogP contribution in [0.3, 0.4) is 0 Å². The van der Waals surface area contributed by atoms with Crippen molar-refractivity contribution in [2.45, 2.75) is 20.3 Å². The number of hydrogen-bond donors (Lipinski definition) is 1. The van der Waals surface area contributed by atoms with Gasteiger partial charge in [0.15, 0.2) is 5.82 Å². The molecule has 1 heterocycles. The molecule has 6 nitrogen and oxygen atoms in total. The normalized spacial score (nSPS) is 10.6. The third kappa shape index (κ3) is 4.56. The third-order valence-electron chi connectivity index (χ3n) is 3.11. The average molecular weight is 335 g/mol. The van der Waals surface area contributed by atoms with E-state index in [1.54, 1.807) is 18.2 Å². The molecular weight excluding hydrogens is 316 g/mol. The fourth-order valence-electron chi connectivity index (χ4n) is 1.95. The van der Waals surface area contributed by atoms with Crippen LogP contribution in [0.15, 0.2) is 36.8 Å². The van der Waals surface area contributed by atoms with Crippen LogP contribution in [-0.4, -0.2) is 22.6 Å². The standard InChI is InChI=1S/C16H19ClN4O2/c1-11(2)5-8-23-14-4-3-12(17)9-13(14)21(16(18)22)15-10-19-6-7-20-15/h3-4,6-7,9-11H,5,8H2,1-2H3,(H2,18,22). The number of carbonyl (C=O) groups is 1. The van der Waals surface area contributed by atoms with E-state index in [2.05, 4.69) is 23.8 Å². The molecule has 0 unspecified atom stereocenters. The Kier molecular flexibility index (Phi) is 5.76. The monoisotopic (exact) mass is 334 g/mol. The molecule has 0 aliphatic heterocycles. The van der Waals surface area contributed by atoms with Gasteiger partial charge < -0.3 is 10.5 Å². The molecule has 2 N–H and O–H groups in total. The highest BCUT2D eigenvalue weighted by atomic mass is 35.5. The number of primary amides is 1. The molecule has 1 aromatic carbocycles. The minimum Gasteiger partial charge on any atom is -0.491 e. The molecule has 23 heavy (non-hydrogen) atoms. The number of benzene rings is 1. The first-order valence-corrected chi connectivity index (χ1v) is 7.64. The molecule has 0 saturated heterocycles. The molecule has 0 atom stereocenters. The van der Waals surface area contributed by atoms with E-state index in [0.717, 1.165) is 6.42 Å². The molecule has 0 fully saturated rings. The predicted octanol–water partition coefficient (Wildman–Crippen LogP) is 3.77. The van der Waals surface area contributed by atoms with Gasteiger partial charge in [0.2, 0.25) is 0 Å². The summed E-state index contributed by atoms with van der Waals surface area (Å²) in [7, 11) is 0. The number of hydrogen-bond acceptors (Lipinski definition) is 4. The number of nitrogens with zero attached hydrogens (tertiary/aromatic N) is 3. The lowest BCUT2D eigenvalue weighted by Gasteiger charge is -2.22. The van der Waals surface area contributed by atoms with Gasteiger partial charge in [-0.3, -0.25) is 4.98 Å². The van der Waals surface area contributed by atoms with Gasteiger partial charge in [-0.1, -0.05) is 25.4 Å². The van der Waals surface area contributed by atoms with Gasteiger partial charge >= 0.3 is 6.03 Å². The second-order valence-electron chi connectivity index (χ2n) is 5.38. The Morgan fingerprint density at radius 1 is 1.39 bits per heavy atom. The van der Waals surface area contributed by atoms with E-state index in [9.17, 15) is 4.79 Å². The second-order valence-corrected chi connectivity index (χ2v) is 5.82. The number of urea groups is 1. The van der Waals surface area contributed by atoms with Gasteiger partial charge in [-0.25, -0.2) is 14.7 Å². The smallest absolute Gasteiger partial charge is 0.325 e. The summed E-state index contributed by atoms with van der Waals surface area (Å²) < 4.78 is 5.80.